The molecule has 0 aromatic heterocycles. The van der Waals surface area contributed by atoms with Crippen LogP contribution in [-0.2, 0) is 4.12 Å². The van der Waals surface area contributed by atoms with Crippen LogP contribution >= 0.6 is 0 Å². The summed E-state index contributed by atoms with van der Waals surface area (Å²) in [6.45, 7) is -0.250. The molecule has 0 spiro atoms. The van der Waals surface area contributed by atoms with E-state index in [-0.39, 0.29) is 6.93 Å². The molecule has 0 rings (SSSR count). The third kappa shape index (κ3) is 699. The average Bonchev–Trinajstić information content (AvgIpc) is 1.39. The smallest absolute Gasteiger partial charge is 0.385 e. The Balaban J connectivity index is 0. The van der Waals surface area contributed by atoms with Gasteiger partial charge in [-0.05, 0) is 0 Å². The molecule has 0 amide bonds. The van der Waals surface area contributed by atoms with Gasteiger partial charge in [0.05, 0.1) is 0 Å². The molecule has 0 N–H and O–H groups in total. The van der Waals surface area contributed by atoms with Gasteiger partial charge >= 0.3 is 6.93 Å². The van der Waals surface area contributed by atoms with Crippen LogP contribution in [0.4, 0.5) is 8.78 Å². The normalized spacial score (nSPS) is 7.00. The van der Waals surface area contributed by atoms with E-state index >= 15 is 0 Å². The molecular formula is CH6F2OSi2. The lowest BCUT2D eigenvalue weighted by Crippen LogP contribution is -1.65. The van der Waals surface area contributed by atoms with Crippen molar-refractivity contribution < 1.29 is 12.9 Å². The molecule has 0 aliphatic heterocycles. The monoisotopic (exact) mass is 128 g/mol. The van der Waals surface area contributed by atoms with Gasteiger partial charge in [0.1, 0.15) is 21.0 Å². The van der Waals surface area contributed by atoms with Gasteiger partial charge in [0.15, 0.2) is 0 Å². The average molecular weight is 128 g/mol. The lowest BCUT2D eigenvalue weighted by atomic mass is 11.7. The highest BCUT2D eigenvalue weighted by atomic mass is 28.3. The Hall–Kier alpha value is 0.254. The third-order valence-corrected chi connectivity index (χ3v) is 0. The van der Waals surface area contributed by atoms with E-state index in [2.05, 4.69) is 4.12 Å². The summed E-state index contributed by atoms with van der Waals surface area (Å²) in [6.07, 6.45) is 0. The van der Waals surface area contributed by atoms with Crippen molar-refractivity contribution in [1.29, 1.82) is 0 Å². The van der Waals surface area contributed by atoms with Crippen LogP contribution in [0.25, 0.3) is 0 Å². The molecule has 1 nitrogen and oxygen atoms in total. The summed E-state index contributed by atoms with van der Waals surface area (Å²) < 4.78 is 23.3. The Kier molecular flexibility index (Phi) is 29.8. The molecule has 0 bridgehead atoms. The minimum Gasteiger partial charge on any atom is -0.471 e. The fourth-order valence-corrected chi connectivity index (χ4v) is 0. The first-order valence-corrected chi connectivity index (χ1v) is 2.83. The van der Waals surface area contributed by atoms with Crippen LogP contribution in [0.2, 0.25) is 0 Å². The zero-order valence-electron chi connectivity index (χ0n) is 3.66. The SMILES string of the molecule is F[C]F.[SiH3]O[SiH3]. The quantitative estimate of drug-likeness (QED) is 0.360. The molecule has 6 heavy (non-hydrogen) atoms. The van der Waals surface area contributed by atoms with Crippen molar-refractivity contribution in [3.8, 4) is 0 Å². The Bertz CT molecular complexity index is 13.5. The summed E-state index contributed by atoms with van der Waals surface area (Å²) in [5.41, 5.74) is 0. The Labute approximate surface area is 41.8 Å². The topological polar surface area (TPSA) is 9.23 Å². The van der Waals surface area contributed by atoms with E-state index in [1.165, 1.54) is 0 Å². The van der Waals surface area contributed by atoms with Crippen LogP contribution in [0.15, 0.2) is 0 Å². The van der Waals surface area contributed by atoms with E-state index in [1.807, 2.05) is 0 Å². The largest absolute Gasteiger partial charge is 0.471 e. The second kappa shape index (κ2) is 18.7. The van der Waals surface area contributed by atoms with Crippen LogP contribution in [0.1, 0.15) is 0 Å². The maximum atomic E-state index is 9.38. The molecule has 38 valence electrons. The maximum absolute atomic E-state index is 9.38. The van der Waals surface area contributed by atoms with E-state index in [9.17, 15) is 8.78 Å². The molecule has 0 aliphatic rings. The van der Waals surface area contributed by atoms with Gasteiger partial charge in [0.2, 0.25) is 0 Å². The van der Waals surface area contributed by atoms with Crippen molar-refractivity contribution in [2.45, 2.75) is 0 Å². The van der Waals surface area contributed by atoms with Crippen molar-refractivity contribution >= 4 is 21.0 Å². The maximum Gasteiger partial charge on any atom is 0.385 e. The highest BCUT2D eigenvalue weighted by molar-refractivity contribution is 6.15. The molecule has 0 heterocycles. The highest BCUT2D eigenvalue weighted by Gasteiger charge is 1.54. The Morgan fingerprint density at radius 2 is 1.33 bits per heavy atom. The zero-order valence-corrected chi connectivity index (χ0v) is 7.66. The number of hydrogen-bond acceptors (Lipinski definition) is 1. The van der Waals surface area contributed by atoms with Gasteiger partial charge in [-0.3, -0.25) is 0 Å². The zero-order chi connectivity index (χ0) is 5.41. The van der Waals surface area contributed by atoms with E-state index in [1.54, 1.807) is 0 Å². The van der Waals surface area contributed by atoms with Gasteiger partial charge in [0, 0.05) is 0 Å². The fourth-order valence-electron chi connectivity index (χ4n) is 0. The molecule has 2 radical (unpaired) electrons. The minimum absolute atomic E-state index is 0.250. The van der Waals surface area contributed by atoms with Gasteiger partial charge < -0.3 is 4.12 Å². The molecule has 0 aromatic rings. The second-order valence-corrected chi connectivity index (χ2v) is 3.75. The molecule has 0 unspecified atom stereocenters. The van der Waals surface area contributed by atoms with Gasteiger partial charge in [0.25, 0.3) is 0 Å². The molecule has 0 fully saturated rings. The van der Waals surface area contributed by atoms with Crippen LogP contribution in [0.3, 0.4) is 0 Å². The Morgan fingerprint density at radius 1 is 1.33 bits per heavy atom. The molecule has 0 saturated heterocycles. The summed E-state index contributed by atoms with van der Waals surface area (Å²) in [5, 5.41) is 0. The molecule has 5 heteroatoms. The van der Waals surface area contributed by atoms with Crippen LogP contribution < -0.4 is 0 Å². The lowest BCUT2D eigenvalue weighted by molar-refractivity contribution is 0.404. The summed E-state index contributed by atoms with van der Waals surface area (Å²) in [4.78, 5) is 0. The standard InChI is InChI=1S/CF2.H6OSi2/c2*2-1-3/h;2-3H3. The van der Waals surface area contributed by atoms with Crippen molar-refractivity contribution in [1.82, 2.24) is 0 Å². The van der Waals surface area contributed by atoms with Gasteiger partial charge in [-0.25, -0.2) is 0 Å². The minimum atomic E-state index is -0.250. The molecule has 0 aliphatic carbocycles. The summed E-state index contributed by atoms with van der Waals surface area (Å²) in [7, 11) is 1.86. The van der Waals surface area contributed by atoms with Crippen molar-refractivity contribution in [3.05, 3.63) is 6.93 Å². The van der Waals surface area contributed by atoms with E-state index < -0.39 is 0 Å². The summed E-state index contributed by atoms with van der Waals surface area (Å²) in [6, 6.07) is 0. The molecule has 0 atom stereocenters. The lowest BCUT2D eigenvalue weighted by Gasteiger charge is -1.62. The van der Waals surface area contributed by atoms with Gasteiger partial charge in [-0.1, -0.05) is 0 Å². The number of halogens is 2. The predicted molar refractivity (Wildman–Crippen MR) is 26.4 cm³/mol. The molecular weight excluding hydrogens is 122 g/mol. The number of hydrogen-bond donors (Lipinski definition) is 0. The van der Waals surface area contributed by atoms with Gasteiger partial charge in [-0.2, -0.15) is 8.78 Å². The fraction of sp³-hybridized carbons (Fsp3) is 0. The first-order valence-electron chi connectivity index (χ1n) is 1.19. The third-order valence-electron chi connectivity index (χ3n) is 0. The number of rotatable bonds is 0. The molecule has 0 aromatic carbocycles. The van der Waals surface area contributed by atoms with Crippen molar-refractivity contribution in [2.75, 3.05) is 0 Å². The van der Waals surface area contributed by atoms with Crippen LogP contribution in [-0.4, -0.2) is 21.0 Å². The van der Waals surface area contributed by atoms with Crippen molar-refractivity contribution in [3.63, 3.8) is 0 Å². The first kappa shape index (κ1) is 9.54. The van der Waals surface area contributed by atoms with Crippen LogP contribution in [0, 0.1) is 6.93 Å². The second-order valence-electron chi connectivity index (χ2n) is 0.480. The predicted octanol–water partition coefficient (Wildman–Crippen LogP) is -1.51. The van der Waals surface area contributed by atoms with E-state index in [4.69, 9.17) is 0 Å². The van der Waals surface area contributed by atoms with Crippen LogP contribution in [0.5, 0.6) is 0 Å². The Morgan fingerprint density at radius 3 is 1.33 bits per heavy atom. The summed E-state index contributed by atoms with van der Waals surface area (Å²) in [5.74, 6) is 0. The first-order chi connectivity index (χ1) is 2.83. The van der Waals surface area contributed by atoms with E-state index in [0.717, 1.165) is 21.0 Å². The van der Waals surface area contributed by atoms with Crippen molar-refractivity contribution in [2.24, 2.45) is 0 Å². The highest BCUT2D eigenvalue weighted by Crippen LogP contribution is 1.68. The summed E-state index contributed by atoms with van der Waals surface area (Å²) >= 11 is 0. The van der Waals surface area contributed by atoms with Gasteiger partial charge in [-0.15, -0.1) is 0 Å². The molecule has 0 saturated carbocycles. The van der Waals surface area contributed by atoms with E-state index in [0.29, 0.717) is 0 Å².